The number of rotatable bonds is 3. The minimum absolute atomic E-state index is 0.168. The summed E-state index contributed by atoms with van der Waals surface area (Å²) in [5, 5.41) is 9.72. The summed E-state index contributed by atoms with van der Waals surface area (Å²) in [4.78, 5) is 11.9. The van der Waals surface area contributed by atoms with Gasteiger partial charge in [-0.25, -0.2) is 0 Å². The van der Waals surface area contributed by atoms with Gasteiger partial charge in [0.1, 0.15) is 5.69 Å². The van der Waals surface area contributed by atoms with Crippen molar-refractivity contribution in [2.24, 2.45) is 0 Å². The summed E-state index contributed by atoms with van der Waals surface area (Å²) in [5.41, 5.74) is 7.12. The van der Waals surface area contributed by atoms with Crippen molar-refractivity contribution in [1.29, 1.82) is 0 Å². The lowest BCUT2D eigenvalue weighted by Crippen LogP contribution is -2.27. The van der Waals surface area contributed by atoms with Gasteiger partial charge in [0.25, 0.3) is 5.91 Å². The standard InChI is InChI=1S/C12H13ClN4O/c1-7(8-3-2-4-9(13)5-8)16-12(18)11-10(14)6-15-17-11/h2-7H,14H2,1H3,(H,15,17)(H,16,18). The molecular weight excluding hydrogens is 252 g/mol. The molecule has 0 saturated carbocycles. The summed E-state index contributed by atoms with van der Waals surface area (Å²) in [6, 6.07) is 7.16. The second-order valence-corrected chi connectivity index (χ2v) is 4.39. The normalized spacial score (nSPS) is 12.1. The SMILES string of the molecule is CC(NC(=O)c1[nH]ncc1N)c1cccc(Cl)c1. The fraction of sp³-hybridized carbons (Fsp3) is 0.167. The number of hydrogen-bond donors (Lipinski definition) is 3. The van der Waals surface area contributed by atoms with Crippen LogP contribution in [0.5, 0.6) is 0 Å². The second-order valence-electron chi connectivity index (χ2n) is 3.95. The Labute approximate surface area is 109 Å². The third kappa shape index (κ3) is 2.62. The minimum atomic E-state index is -0.294. The third-order valence-corrected chi connectivity index (χ3v) is 2.83. The van der Waals surface area contributed by atoms with E-state index in [0.29, 0.717) is 10.7 Å². The zero-order valence-electron chi connectivity index (χ0n) is 9.77. The molecule has 2 rings (SSSR count). The maximum absolute atomic E-state index is 11.9. The Morgan fingerprint density at radius 2 is 2.33 bits per heavy atom. The molecule has 0 saturated heterocycles. The molecule has 1 unspecified atom stereocenters. The van der Waals surface area contributed by atoms with Crippen molar-refractivity contribution in [2.45, 2.75) is 13.0 Å². The number of nitrogens with one attached hydrogen (secondary N) is 2. The molecule has 0 aliphatic heterocycles. The van der Waals surface area contributed by atoms with E-state index in [9.17, 15) is 4.79 Å². The highest BCUT2D eigenvalue weighted by molar-refractivity contribution is 6.30. The second kappa shape index (κ2) is 5.10. The van der Waals surface area contributed by atoms with Gasteiger partial charge in [-0.2, -0.15) is 5.10 Å². The fourth-order valence-electron chi connectivity index (χ4n) is 1.61. The van der Waals surface area contributed by atoms with Crippen molar-refractivity contribution in [3.8, 4) is 0 Å². The molecule has 0 bridgehead atoms. The van der Waals surface area contributed by atoms with E-state index in [2.05, 4.69) is 15.5 Å². The van der Waals surface area contributed by atoms with E-state index < -0.39 is 0 Å². The van der Waals surface area contributed by atoms with Crippen LogP contribution in [0.15, 0.2) is 30.5 Å². The lowest BCUT2D eigenvalue weighted by molar-refractivity contribution is 0.0935. The number of nitrogen functional groups attached to an aromatic ring is 1. The van der Waals surface area contributed by atoms with Gasteiger partial charge >= 0.3 is 0 Å². The molecule has 94 valence electrons. The molecule has 0 spiro atoms. The van der Waals surface area contributed by atoms with Crippen LogP contribution in [0.2, 0.25) is 5.02 Å². The van der Waals surface area contributed by atoms with Crippen molar-refractivity contribution in [1.82, 2.24) is 15.5 Å². The number of hydrogen-bond acceptors (Lipinski definition) is 3. The molecule has 0 aliphatic rings. The molecule has 1 aromatic heterocycles. The van der Waals surface area contributed by atoms with E-state index in [-0.39, 0.29) is 17.6 Å². The van der Waals surface area contributed by atoms with E-state index in [4.69, 9.17) is 17.3 Å². The maximum Gasteiger partial charge on any atom is 0.271 e. The van der Waals surface area contributed by atoms with Crippen molar-refractivity contribution < 1.29 is 4.79 Å². The zero-order chi connectivity index (χ0) is 13.1. The number of aromatic nitrogens is 2. The Bertz CT molecular complexity index is 567. The van der Waals surface area contributed by atoms with E-state index in [1.807, 2.05) is 25.1 Å². The first-order chi connectivity index (χ1) is 8.58. The lowest BCUT2D eigenvalue weighted by atomic mass is 10.1. The Kier molecular flexibility index (Phi) is 3.53. The molecular formula is C12H13ClN4O. The first-order valence-corrected chi connectivity index (χ1v) is 5.81. The summed E-state index contributed by atoms with van der Waals surface area (Å²) in [6.45, 7) is 1.87. The number of amides is 1. The number of nitrogens with zero attached hydrogens (tertiary/aromatic N) is 1. The highest BCUT2D eigenvalue weighted by Crippen LogP contribution is 2.18. The van der Waals surface area contributed by atoms with Crippen molar-refractivity contribution in [3.63, 3.8) is 0 Å². The summed E-state index contributed by atoms with van der Waals surface area (Å²) in [6.07, 6.45) is 1.40. The summed E-state index contributed by atoms with van der Waals surface area (Å²) in [7, 11) is 0. The van der Waals surface area contributed by atoms with Crippen molar-refractivity contribution in [3.05, 3.63) is 46.7 Å². The molecule has 6 heteroatoms. The van der Waals surface area contributed by atoms with Crippen molar-refractivity contribution >= 4 is 23.2 Å². The van der Waals surface area contributed by atoms with Crippen LogP contribution in [-0.4, -0.2) is 16.1 Å². The van der Waals surface area contributed by atoms with Gasteiger partial charge < -0.3 is 11.1 Å². The minimum Gasteiger partial charge on any atom is -0.396 e. The summed E-state index contributed by atoms with van der Waals surface area (Å²) in [5.74, 6) is -0.294. The highest BCUT2D eigenvalue weighted by Gasteiger charge is 2.15. The van der Waals surface area contributed by atoms with Gasteiger partial charge in [0.05, 0.1) is 17.9 Å². The molecule has 4 N–H and O–H groups in total. The Morgan fingerprint density at radius 3 is 2.94 bits per heavy atom. The van der Waals surface area contributed by atoms with Crippen LogP contribution in [0.4, 0.5) is 5.69 Å². The molecule has 1 heterocycles. The number of carbonyl (C=O) groups excluding carboxylic acids is 1. The zero-order valence-corrected chi connectivity index (χ0v) is 10.5. The van der Waals surface area contributed by atoms with Crippen LogP contribution in [0, 0.1) is 0 Å². The van der Waals surface area contributed by atoms with Gasteiger partial charge in [-0.1, -0.05) is 23.7 Å². The lowest BCUT2D eigenvalue weighted by Gasteiger charge is -2.14. The summed E-state index contributed by atoms with van der Waals surface area (Å²) < 4.78 is 0. The largest absolute Gasteiger partial charge is 0.396 e. The maximum atomic E-state index is 11.9. The number of H-pyrrole nitrogens is 1. The monoisotopic (exact) mass is 264 g/mol. The molecule has 2 aromatic rings. The van der Waals surface area contributed by atoms with Crippen LogP contribution in [0.3, 0.4) is 0 Å². The predicted molar refractivity (Wildman–Crippen MR) is 70.3 cm³/mol. The van der Waals surface area contributed by atoms with Gasteiger partial charge in [0.2, 0.25) is 0 Å². The Morgan fingerprint density at radius 1 is 1.56 bits per heavy atom. The Hall–Kier alpha value is -2.01. The fourth-order valence-corrected chi connectivity index (χ4v) is 1.80. The number of halogens is 1. The predicted octanol–water partition coefficient (Wildman–Crippen LogP) is 2.14. The Balaban J connectivity index is 2.10. The van der Waals surface area contributed by atoms with Gasteiger partial charge in [0, 0.05) is 5.02 Å². The van der Waals surface area contributed by atoms with Gasteiger partial charge in [-0.3, -0.25) is 9.89 Å². The quantitative estimate of drug-likeness (QED) is 0.794. The molecule has 1 atom stereocenters. The number of benzene rings is 1. The van der Waals surface area contributed by atoms with Crippen LogP contribution >= 0.6 is 11.6 Å². The third-order valence-electron chi connectivity index (χ3n) is 2.59. The molecule has 0 fully saturated rings. The smallest absolute Gasteiger partial charge is 0.271 e. The number of aromatic amines is 1. The van der Waals surface area contributed by atoms with E-state index in [1.165, 1.54) is 6.20 Å². The van der Waals surface area contributed by atoms with Crippen molar-refractivity contribution in [2.75, 3.05) is 5.73 Å². The molecule has 0 aliphatic carbocycles. The number of anilines is 1. The van der Waals surface area contributed by atoms with Crippen LogP contribution in [0.1, 0.15) is 29.0 Å². The van der Waals surface area contributed by atoms with E-state index in [0.717, 1.165) is 5.56 Å². The average Bonchev–Trinajstić information content (AvgIpc) is 2.75. The van der Waals surface area contributed by atoms with Crippen LogP contribution in [-0.2, 0) is 0 Å². The van der Waals surface area contributed by atoms with Crippen LogP contribution in [0.25, 0.3) is 0 Å². The summed E-state index contributed by atoms with van der Waals surface area (Å²) >= 11 is 5.90. The topological polar surface area (TPSA) is 83.8 Å². The van der Waals surface area contributed by atoms with Gasteiger partial charge in [0.15, 0.2) is 0 Å². The van der Waals surface area contributed by atoms with Crippen LogP contribution < -0.4 is 11.1 Å². The molecule has 1 amide bonds. The molecule has 18 heavy (non-hydrogen) atoms. The van der Waals surface area contributed by atoms with E-state index >= 15 is 0 Å². The molecule has 5 nitrogen and oxygen atoms in total. The average molecular weight is 265 g/mol. The van der Waals surface area contributed by atoms with Gasteiger partial charge in [-0.15, -0.1) is 0 Å². The first-order valence-electron chi connectivity index (χ1n) is 5.43. The molecule has 1 aromatic carbocycles. The highest BCUT2D eigenvalue weighted by atomic mass is 35.5. The van der Waals surface area contributed by atoms with Gasteiger partial charge in [-0.05, 0) is 24.6 Å². The molecule has 0 radical (unpaired) electrons. The van der Waals surface area contributed by atoms with E-state index in [1.54, 1.807) is 6.07 Å². The number of nitrogens with two attached hydrogens (primary N) is 1. The number of carbonyl (C=O) groups is 1. The first kappa shape index (κ1) is 12.4.